The Morgan fingerprint density at radius 2 is 1.77 bits per heavy atom. The maximum absolute atomic E-state index is 12.3. The topological polar surface area (TPSA) is 55.1 Å². The highest BCUT2D eigenvalue weighted by molar-refractivity contribution is 8.00. The lowest BCUT2D eigenvalue weighted by molar-refractivity contribution is -0.120. The number of rotatable bonds is 4. The van der Waals surface area contributed by atoms with Gasteiger partial charge in [-0.15, -0.1) is 11.8 Å². The molecule has 2 saturated carbocycles. The molecule has 0 spiro atoms. The Hall–Kier alpha value is -1.00. The number of amides is 1. The SMILES string of the molecule is NC1CCCC(C(=O)Nc2ccc(SC3CCCC3)cc2)C1. The van der Waals surface area contributed by atoms with Gasteiger partial charge in [0.1, 0.15) is 0 Å². The predicted molar refractivity (Wildman–Crippen MR) is 93.1 cm³/mol. The van der Waals surface area contributed by atoms with Gasteiger partial charge in [0.15, 0.2) is 0 Å². The minimum absolute atomic E-state index is 0.0799. The van der Waals surface area contributed by atoms with Gasteiger partial charge in [-0.05, 0) is 56.4 Å². The Labute approximate surface area is 137 Å². The summed E-state index contributed by atoms with van der Waals surface area (Å²) in [6.07, 6.45) is 9.32. The highest BCUT2D eigenvalue weighted by Crippen LogP contribution is 2.35. The van der Waals surface area contributed by atoms with Gasteiger partial charge in [0.2, 0.25) is 5.91 Å². The van der Waals surface area contributed by atoms with Crippen LogP contribution in [-0.2, 0) is 4.79 Å². The molecule has 22 heavy (non-hydrogen) atoms. The fourth-order valence-electron chi connectivity index (χ4n) is 3.53. The van der Waals surface area contributed by atoms with E-state index in [2.05, 4.69) is 17.4 Å². The van der Waals surface area contributed by atoms with Crippen LogP contribution in [0.1, 0.15) is 51.4 Å². The molecule has 2 aliphatic rings. The second-order valence-electron chi connectivity index (χ2n) is 6.66. The van der Waals surface area contributed by atoms with Crippen molar-refractivity contribution in [3.8, 4) is 0 Å². The quantitative estimate of drug-likeness (QED) is 0.875. The highest BCUT2D eigenvalue weighted by Gasteiger charge is 2.25. The fraction of sp³-hybridized carbons (Fsp3) is 0.611. The van der Waals surface area contributed by atoms with Crippen molar-refractivity contribution >= 4 is 23.4 Å². The van der Waals surface area contributed by atoms with Crippen molar-refractivity contribution in [2.75, 3.05) is 5.32 Å². The number of carbonyl (C=O) groups excluding carboxylic acids is 1. The van der Waals surface area contributed by atoms with E-state index >= 15 is 0 Å². The van der Waals surface area contributed by atoms with Crippen LogP contribution in [0, 0.1) is 5.92 Å². The van der Waals surface area contributed by atoms with Gasteiger partial charge in [0, 0.05) is 27.8 Å². The number of benzene rings is 1. The molecule has 3 nitrogen and oxygen atoms in total. The summed E-state index contributed by atoms with van der Waals surface area (Å²) in [4.78, 5) is 13.6. The Bertz CT molecular complexity index is 496. The van der Waals surface area contributed by atoms with Crippen molar-refractivity contribution in [2.45, 2.75) is 67.6 Å². The molecular formula is C18H26N2OS. The molecule has 2 unspecified atom stereocenters. The summed E-state index contributed by atoms with van der Waals surface area (Å²) >= 11 is 1.98. The Morgan fingerprint density at radius 3 is 2.45 bits per heavy atom. The minimum atomic E-state index is 0.0799. The molecule has 0 aromatic heterocycles. The van der Waals surface area contributed by atoms with Crippen molar-refractivity contribution in [1.82, 2.24) is 0 Å². The van der Waals surface area contributed by atoms with Crippen LogP contribution >= 0.6 is 11.8 Å². The van der Waals surface area contributed by atoms with Crippen molar-refractivity contribution < 1.29 is 4.79 Å². The number of anilines is 1. The van der Waals surface area contributed by atoms with Crippen LogP contribution in [-0.4, -0.2) is 17.2 Å². The van der Waals surface area contributed by atoms with E-state index < -0.39 is 0 Å². The maximum atomic E-state index is 12.3. The molecule has 0 heterocycles. The largest absolute Gasteiger partial charge is 0.328 e. The molecule has 1 amide bonds. The first kappa shape index (κ1) is 15.9. The van der Waals surface area contributed by atoms with E-state index in [0.29, 0.717) is 0 Å². The van der Waals surface area contributed by atoms with Gasteiger partial charge in [0.05, 0.1) is 0 Å². The maximum Gasteiger partial charge on any atom is 0.227 e. The molecule has 3 N–H and O–H groups in total. The van der Waals surface area contributed by atoms with Crippen LogP contribution in [0.4, 0.5) is 5.69 Å². The van der Waals surface area contributed by atoms with Crippen molar-refractivity contribution in [1.29, 1.82) is 0 Å². The zero-order valence-electron chi connectivity index (χ0n) is 13.1. The first-order valence-electron chi connectivity index (χ1n) is 8.54. The fourth-order valence-corrected chi connectivity index (χ4v) is 4.77. The molecule has 4 heteroatoms. The van der Waals surface area contributed by atoms with Crippen LogP contribution < -0.4 is 11.1 Å². The van der Waals surface area contributed by atoms with Crippen molar-refractivity contribution in [3.63, 3.8) is 0 Å². The average Bonchev–Trinajstić information content (AvgIpc) is 3.02. The van der Waals surface area contributed by atoms with E-state index in [9.17, 15) is 4.79 Å². The van der Waals surface area contributed by atoms with Gasteiger partial charge < -0.3 is 11.1 Å². The molecule has 2 aliphatic carbocycles. The van der Waals surface area contributed by atoms with E-state index in [4.69, 9.17) is 5.73 Å². The molecule has 0 bridgehead atoms. The molecule has 0 radical (unpaired) electrons. The smallest absolute Gasteiger partial charge is 0.227 e. The molecule has 120 valence electrons. The lowest BCUT2D eigenvalue weighted by Gasteiger charge is -2.25. The summed E-state index contributed by atoms with van der Waals surface area (Å²) < 4.78 is 0. The van der Waals surface area contributed by atoms with E-state index in [-0.39, 0.29) is 17.9 Å². The zero-order valence-corrected chi connectivity index (χ0v) is 13.9. The Balaban J connectivity index is 1.52. The van der Waals surface area contributed by atoms with E-state index in [1.165, 1.54) is 30.6 Å². The normalized spacial score (nSPS) is 26.0. The lowest BCUT2D eigenvalue weighted by atomic mass is 9.85. The number of nitrogens with one attached hydrogen (secondary N) is 1. The van der Waals surface area contributed by atoms with Crippen LogP contribution in [0.25, 0.3) is 0 Å². The lowest BCUT2D eigenvalue weighted by Crippen LogP contribution is -2.34. The van der Waals surface area contributed by atoms with Gasteiger partial charge in [-0.2, -0.15) is 0 Å². The summed E-state index contributed by atoms with van der Waals surface area (Å²) in [6, 6.07) is 8.50. The van der Waals surface area contributed by atoms with E-state index in [1.54, 1.807) is 0 Å². The molecule has 2 atom stereocenters. The molecule has 1 aromatic carbocycles. The van der Waals surface area contributed by atoms with Gasteiger partial charge >= 0.3 is 0 Å². The van der Waals surface area contributed by atoms with Gasteiger partial charge in [-0.1, -0.05) is 19.3 Å². The number of carbonyl (C=O) groups is 1. The zero-order chi connectivity index (χ0) is 15.4. The molecule has 0 aliphatic heterocycles. The van der Waals surface area contributed by atoms with Gasteiger partial charge in [-0.25, -0.2) is 0 Å². The third-order valence-corrected chi connectivity index (χ3v) is 6.16. The number of thioether (sulfide) groups is 1. The molecule has 1 aromatic rings. The molecule has 0 saturated heterocycles. The number of nitrogens with two attached hydrogens (primary N) is 1. The Morgan fingerprint density at radius 1 is 1.05 bits per heavy atom. The third kappa shape index (κ3) is 4.26. The molecule has 2 fully saturated rings. The van der Waals surface area contributed by atoms with Crippen LogP contribution in [0.2, 0.25) is 0 Å². The van der Waals surface area contributed by atoms with Crippen LogP contribution in [0.3, 0.4) is 0 Å². The first-order chi connectivity index (χ1) is 10.7. The van der Waals surface area contributed by atoms with Crippen LogP contribution in [0.15, 0.2) is 29.2 Å². The van der Waals surface area contributed by atoms with Crippen molar-refractivity contribution in [3.05, 3.63) is 24.3 Å². The van der Waals surface area contributed by atoms with E-state index in [0.717, 1.165) is 36.6 Å². The van der Waals surface area contributed by atoms with Crippen molar-refractivity contribution in [2.24, 2.45) is 11.7 Å². The monoisotopic (exact) mass is 318 g/mol. The summed E-state index contributed by atoms with van der Waals surface area (Å²) in [5.41, 5.74) is 6.87. The van der Waals surface area contributed by atoms with E-state index in [1.807, 2.05) is 23.9 Å². The van der Waals surface area contributed by atoms with Crippen LogP contribution in [0.5, 0.6) is 0 Å². The van der Waals surface area contributed by atoms with Gasteiger partial charge in [0.25, 0.3) is 0 Å². The summed E-state index contributed by atoms with van der Waals surface area (Å²) in [5.74, 6) is 0.211. The highest BCUT2D eigenvalue weighted by atomic mass is 32.2. The second-order valence-corrected chi connectivity index (χ2v) is 8.04. The average molecular weight is 318 g/mol. The third-order valence-electron chi connectivity index (χ3n) is 4.81. The Kier molecular flexibility index (Phi) is 5.42. The standard InChI is InChI=1S/C18H26N2OS/c19-14-5-3-4-13(12-14)18(21)20-15-8-10-17(11-9-15)22-16-6-1-2-7-16/h8-11,13-14,16H,1-7,12,19H2,(H,20,21). The first-order valence-corrected chi connectivity index (χ1v) is 9.42. The summed E-state index contributed by atoms with van der Waals surface area (Å²) in [6.45, 7) is 0. The second kappa shape index (κ2) is 7.51. The minimum Gasteiger partial charge on any atom is -0.328 e. The number of hydrogen-bond donors (Lipinski definition) is 2. The molecular weight excluding hydrogens is 292 g/mol. The van der Waals surface area contributed by atoms with Gasteiger partial charge in [-0.3, -0.25) is 4.79 Å². The predicted octanol–water partition coefficient (Wildman–Crippen LogP) is 4.18. The summed E-state index contributed by atoms with van der Waals surface area (Å²) in [5, 5.41) is 3.83. The number of hydrogen-bond acceptors (Lipinski definition) is 3. The summed E-state index contributed by atoms with van der Waals surface area (Å²) in [7, 11) is 0. The molecule has 3 rings (SSSR count).